The number of nitrogens with one attached hydrogen (secondary N) is 3. The molecule has 0 radical (unpaired) electrons. The summed E-state index contributed by atoms with van der Waals surface area (Å²) in [5.41, 5.74) is 1.21. The van der Waals surface area contributed by atoms with Gasteiger partial charge in [-0.1, -0.05) is 21.4 Å². The summed E-state index contributed by atoms with van der Waals surface area (Å²) in [6.45, 7) is 1.36. The Kier molecular flexibility index (Phi) is 13.0. The molecule has 1 unspecified atom stereocenters. The summed E-state index contributed by atoms with van der Waals surface area (Å²) in [7, 11) is 1.97. The first-order valence-electron chi connectivity index (χ1n) is 8.80. The first-order chi connectivity index (χ1) is 14.0. The van der Waals surface area contributed by atoms with E-state index in [1.54, 1.807) is 30.5 Å². The summed E-state index contributed by atoms with van der Waals surface area (Å²) in [5.74, 6) is -0.617. The molecule has 10 nitrogen and oxygen atoms in total. The number of hydrogen-bond donors (Lipinski definition) is 3. The first-order valence-corrected chi connectivity index (χ1v) is 9.38. The summed E-state index contributed by atoms with van der Waals surface area (Å²) >= 11 is 0. The minimum Gasteiger partial charge on any atom is -0.377 e. The lowest BCUT2D eigenvalue weighted by Gasteiger charge is -2.09. The molecule has 0 aliphatic rings. The molecule has 3 N–H and O–H groups in total. The van der Waals surface area contributed by atoms with Crippen LogP contribution in [-0.4, -0.2) is 63.5 Å². The van der Waals surface area contributed by atoms with Gasteiger partial charge in [-0.15, -0.1) is 0 Å². The van der Waals surface area contributed by atoms with Crippen LogP contribution in [0.4, 0.5) is 5.69 Å². The van der Waals surface area contributed by atoms with Gasteiger partial charge in [-0.3, -0.25) is 14.4 Å². The standard InChI is InChI=1S/C18H25N4O6P/c19-13-20-5-6-26-7-8-27-10-16(23)21-9-14-1-3-15(4-2-14)22-17(24)11-28-12-18(25)29/h1-4,20H,5-12,29H2,(H,21,23)(H,22,24). The molecule has 11 heteroatoms. The fourth-order valence-electron chi connectivity index (χ4n) is 1.96. The van der Waals surface area contributed by atoms with Gasteiger partial charge in [0.25, 0.3) is 0 Å². The predicted molar refractivity (Wildman–Crippen MR) is 108 cm³/mol. The smallest absolute Gasteiger partial charge is 0.250 e. The van der Waals surface area contributed by atoms with Gasteiger partial charge >= 0.3 is 0 Å². The van der Waals surface area contributed by atoms with Gasteiger partial charge in [-0.2, -0.15) is 5.26 Å². The Hall–Kier alpha value is -2.57. The van der Waals surface area contributed by atoms with Crippen LogP contribution in [0.5, 0.6) is 0 Å². The molecule has 0 heterocycles. The van der Waals surface area contributed by atoms with Crippen LogP contribution in [0.2, 0.25) is 0 Å². The molecule has 1 rings (SSSR count). The van der Waals surface area contributed by atoms with E-state index >= 15 is 0 Å². The van der Waals surface area contributed by atoms with Gasteiger partial charge in [0.05, 0.1) is 19.8 Å². The number of amides is 2. The highest BCUT2D eigenvalue weighted by Gasteiger charge is 2.05. The lowest BCUT2D eigenvalue weighted by molar-refractivity contribution is -0.126. The third-order valence-electron chi connectivity index (χ3n) is 3.26. The van der Waals surface area contributed by atoms with Crippen LogP contribution in [0.25, 0.3) is 0 Å². The Balaban J connectivity index is 2.15. The van der Waals surface area contributed by atoms with Gasteiger partial charge in [0.2, 0.25) is 11.8 Å². The maximum absolute atomic E-state index is 11.7. The van der Waals surface area contributed by atoms with Crippen LogP contribution in [0, 0.1) is 11.5 Å². The summed E-state index contributed by atoms with van der Waals surface area (Å²) in [5, 5.41) is 16.1. The van der Waals surface area contributed by atoms with Gasteiger partial charge in [-0.25, -0.2) is 0 Å². The summed E-state index contributed by atoms with van der Waals surface area (Å²) in [4.78, 5) is 34.1. The summed E-state index contributed by atoms with van der Waals surface area (Å²) in [6, 6.07) is 6.95. The van der Waals surface area contributed by atoms with Crippen molar-refractivity contribution in [3.05, 3.63) is 29.8 Å². The number of hydrogen-bond acceptors (Lipinski definition) is 8. The van der Waals surface area contributed by atoms with Crippen LogP contribution >= 0.6 is 9.24 Å². The van der Waals surface area contributed by atoms with Crippen LogP contribution in [0.15, 0.2) is 24.3 Å². The fourth-order valence-corrected chi connectivity index (χ4v) is 2.08. The van der Waals surface area contributed by atoms with Crippen molar-refractivity contribution in [2.75, 3.05) is 51.5 Å². The number of nitriles is 1. The molecule has 0 fully saturated rings. The number of ether oxygens (including phenoxy) is 3. The second kappa shape index (κ2) is 15.4. The zero-order valence-electron chi connectivity index (χ0n) is 15.9. The average molecular weight is 424 g/mol. The number of rotatable bonds is 15. The Bertz CT molecular complexity index is 693. The van der Waals surface area contributed by atoms with Crippen LogP contribution < -0.4 is 16.0 Å². The van der Waals surface area contributed by atoms with E-state index < -0.39 is 0 Å². The van der Waals surface area contributed by atoms with E-state index in [1.807, 2.05) is 9.24 Å². The van der Waals surface area contributed by atoms with Gasteiger partial charge in [-0.05, 0) is 17.7 Å². The van der Waals surface area contributed by atoms with E-state index in [4.69, 9.17) is 19.5 Å². The quantitative estimate of drug-likeness (QED) is 0.152. The molecule has 0 aliphatic carbocycles. The molecule has 0 saturated carbocycles. The van der Waals surface area contributed by atoms with E-state index in [0.717, 1.165) is 5.56 Å². The lowest BCUT2D eigenvalue weighted by Crippen LogP contribution is -2.27. The highest BCUT2D eigenvalue weighted by molar-refractivity contribution is 7.40. The molecule has 0 saturated heterocycles. The molecule has 1 aromatic carbocycles. The second-order valence-corrected chi connectivity index (χ2v) is 6.33. The van der Waals surface area contributed by atoms with E-state index in [1.165, 1.54) is 0 Å². The number of nitrogens with zero attached hydrogens (tertiary/aromatic N) is 1. The first kappa shape index (κ1) is 24.5. The second-order valence-electron chi connectivity index (χ2n) is 5.68. The van der Waals surface area contributed by atoms with Crippen molar-refractivity contribution in [1.29, 1.82) is 5.26 Å². The molecule has 0 bridgehead atoms. The maximum atomic E-state index is 11.7. The molecule has 2 amide bonds. The maximum Gasteiger partial charge on any atom is 0.250 e. The van der Waals surface area contributed by atoms with Crippen molar-refractivity contribution in [3.8, 4) is 6.19 Å². The van der Waals surface area contributed by atoms with E-state index in [9.17, 15) is 14.4 Å². The SMILES string of the molecule is N#CNCCOCCOCC(=O)NCc1ccc(NC(=O)COCC(=O)P)cc1. The third kappa shape index (κ3) is 13.3. The van der Waals surface area contributed by atoms with Crippen molar-refractivity contribution >= 4 is 32.3 Å². The highest BCUT2D eigenvalue weighted by Crippen LogP contribution is 2.09. The predicted octanol–water partition coefficient (Wildman–Crippen LogP) is -0.237. The van der Waals surface area contributed by atoms with Crippen LogP contribution in [0.1, 0.15) is 5.56 Å². The summed E-state index contributed by atoms with van der Waals surface area (Å²) < 4.78 is 15.3. The Morgan fingerprint density at radius 1 is 0.931 bits per heavy atom. The Morgan fingerprint density at radius 2 is 1.62 bits per heavy atom. The van der Waals surface area contributed by atoms with Gasteiger partial charge in [0.1, 0.15) is 19.8 Å². The van der Waals surface area contributed by atoms with Crippen molar-refractivity contribution in [3.63, 3.8) is 0 Å². The molecule has 0 aliphatic heterocycles. The molecule has 0 spiro atoms. The fraction of sp³-hybridized carbons (Fsp3) is 0.444. The van der Waals surface area contributed by atoms with Gasteiger partial charge in [0, 0.05) is 18.8 Å². The summed E-state index contributed by atoms with van der Waals surface area (Å²) in [6.07, 6.45) is 1.79. The number of carbonyl (C=O) groups is 3. The zero-order valence-corrected chi connectivity index (χ0v) is 17.1. The Labute approximate surface area is 171 Å². The molecular formula is C18H25N4O6P. The average Bonchev–Trinajstić information content (AvgIpc) is 2.69. The molecule has 1 atom stereocenters. The monoisotopic (exact) mass is 424 g/mol. The Morgan fingerprint density at radius 3 is 2.31 bits per heavy atom. The normalized spacial score (nSPS) is 10.1. The minimum atomic E-state index is -0.361. The molecule has 1 aromatic rings. The largest absolute Gasteiger partial charge is 0.377 e. The minimum absolute atomic E-state index is 0.0767. The van der Waals surface area contributed by atoms with Gasteiger partial charge < -0.3 is 30.2 Å². The molecular weight excluding hydrogens is 399 g/mol. The van der Waals surface area contributed by atoms with Crippen molar-refractivity contribution in [1.82, 2.24) is 10.6 Å². The molecule has 0 aromatic heterocycles. The molecule has 29 heavy (non-hydrogen) atoms. The lowest BCUT2D eigenvalue weighted by atomic mass is 10.2. The number of carbonyl (C=O) groups excluding carboxylic acids is 3. The van der Waals surface area contributed by atoms with Crippen LogP contribution in [0.3, 0.4) is 0 Å². The van der Waals surface area contributed by atoms with E-state index in [2.05, 4.69) is 16.0 Å². The molecule has 158 valence electrons. The number of benzene rings is 1. The van der Waals surface area contributed by atoms with E-state index in [-0.39, 0.29) is 43.8 Å². The van der Waals surface area contributed by atoms with Crippen molar-refractivity contribution in [2.24, 2.45) is 0 Å². The highest BCUT2D eigenvalue weighted by atomic mass is 31.0. The zero-order chi connectivity index (χ0) is 21.3. The topological polar surface area (TPSA) is 139 Å². The van der Waals surface area contributed by atoms with Gasteiger partial charge in [0.15, 0.2) is 11.7 Å². The van der Waals surface area contributed by atoms with Crippen molar-refractivity contribution < 1.29 is 28.6 Å². The van der Waals surface area contributed by atoms with Crippen molar-refractivity contribution in [2.45, 2.75) is 6.54 Å². The van der Waals surface area contributed by atoms with Crippen LogP contribution in [-0.2, 0) is 35.1 Å². The van der Waals surface area contributed by atoms with E-state index in [0.29, 0.717) is 32.0 Å². The number of anilines is 1. The third-order valence-corrected chi connectivity index (χ3v) is 3.43.